The fraction of sp³-hybridized carbons (Fsp3) is 0.538. The van der Waals surface area contributed by atoms with Crippen LogP contribution in [0.5, 0.6) is 5.75 Å². The lowest BCUT2D eigenvalue weighted by Crippen LogP contribution is -2.31. The van der Waals surface area contributed by atoms with Gasteiger partial charge in [-0.15, -0.1) is 0 Å². The van der Waals surface area contributed by atoms with Gasteiger partial charge in [-0.2, -0.15) is 0 Å². The Hall–Kier alpha value is -1.10. The van der Waals surface area contributed by atoms with E-state index in [2.05, 4.69) is 0 Å². The molecule has 0 radical (unpaired) electrons. The van der Waals surface area contributed by atoms with Crippen LogP contribution < -0.4 is 10.5 Å². The first-order chi connectivity index (χ1) is 8.17. The van der Waals surface area contributed by atoms with E-state index in [0.717, 1.165) is 11.3 Å². The predicted octanol–water partition coefficient (Wildman–Crippen LogP) is 1.33. The van der Waals surface area contributed by atoms with Crippen molar-refractivity contribution in [2.75, 3.05) is 20.3 Å². The fourth-order valence-electron chi connectivity index (χ4n) is 2.09. The van der Waals surface area contributed by atoms with Crippen molar-refractivity contribution < 1.29 is 14.2 Å². The lowest BCUT2D eigenvalue weighted by atomic mass is 10.1. The zero-order chi connectivity index (χ0) is 12.3. The molecule has 0 aliphatic carbocycles. The molecular formula is C13H19NO3. The summed E-state index contributed by atoms with van der Waals surface area (Å²) in [6, 6.07) is 7.89. The van der Waals surface area contributed by atoms with Crippen molar-refractivity contribution in [3.8, 4) is 5.75 Å². The molecule has 17 heavy (non-hydrogen) atoms. The number of methoxy groups -OCH3 is 1. The SMILES string of the molecule is COc1ccccc1CC1(C)OCC(CN)O1. The Bertz CT molecular complexity index is 383. The Labute approximate surface area is 102 Å². The molecule has 1 saturated heterocycles. The molecule has 0 amide bonds. The van der Waals surface area contributed by atoms with Crippen molar-refractivity contribution in [2.45, 2.75) is 25.2 Å². The predicted molar refractivity (Wildman–Crippen MR) is 65.0 cm³/mol. The quantitative estimate of drug-likeness (QED) is 0.858. The van der Waals surface area contributed by atoms with Crippen LogP contribution in [0.2, 0.25) is 0 Å². The van der Waals surface area contributed by atoms with Crippen LogP contribution in [0.3, 0.4) is 0 Å². The molecule has 1 fully saturated rings. The van der Waals surface area contributed by atoms with E-state index in [0.29, 0.717) is 19.6 Å². The summed E-state index contributed by atoms with van der Waals surface area (Å²) in [7, 11) is 1.67. The Morgan fingerprint density at radius 1 is 1.47 bits per heavy atom. The minimum Gasteiger partial charge on any atom is -0.496 e. The van der Waals surface area contributed by atoms with Crippen LogP contribution in [0.15, 0.2) is 24.3 Å². The first kappa shape index (κ1) is 12.4. The molecule has 1 heterocycles. The first-order valence-electron chi connectivity index (χ1n) is 5.80. The number of para-hydroxylation sites is 1. The third-order valence-electron chi connectivity index (χ3n) is 2.96. The van der Waals surface area contributed by atoms with Crippen molar-refractivity contribution in [1.29, 1.82) is 0 Å². The Balaban J connectivity index is 2.10. The van der Waals surface area contributed by atoms with Crippen LogP contribution in [0.1, 0.15) is 12.5 Å². The summed E-state index contributed by atoms with van der Waals surface area (Å²) in [5.74, 6) is 0.260. The van der Waals surface area contributed by atoms with Crippen LogP contribution in [-0.2, 0) is 15.9 Å². The summed E-state index contributed by atoms with van der Waals surface area (Å²) in [6.45, 7) is 2.98. The monoisotopic (exact) mass is 237 g/mol. The number of nitrogens with two attached hydrogens (primary N) is 1. The maximum absolute atomic E-state index is 5.80. The second-order valence-corrected chi connectivity index (χ2v) is 4.41. The van der Waals surface area contributed by atoms with E-state index in [-0.39, 0.29) is 6.10 Å². The Kier molecular flexibility index (Phi) is 3.66. The summed E-state index contributed by atoms with van der Waals surface area (Å²) >= 11 is 0. The van der Waals surface area contributed by atoms with E-state index >= 15 is 0 Å². The van der Waals surface area contributed by atoms with Crippen molar-refractivity contribution >= 4 is 0 Å². The molecule has 2 N–H and O–H groups in total. The minimum absolute atomic E-state index is 0.00490. The van der Waals surface area contributed by atoms with E-state index in [4.69, 9.17) is 19.9 Å². The summed E-state index contributed by atoms with van der Waals surface area (Å²) < 4.78 is 16.8. The van der Waals surface area contributed by atoms with Gasteiger partial charge in [0.1, 0.15) is 5.75 Å². The zero-order valence-corrected chi connectivity index (χ0v) is 10.3. The molecule has 0 bridgehead atoms. The highest BCUT2D eigenvalue weighted by molar-refractivity contribution is 5.34. The van der Waals surface area contributed by atoms with Gasteiger partial charge in [-0.25, -0.2) is 0 Å². The van der Waals surface area contributed by atoms with Crippen LogP contribution in [0.4, 0.5) is 0 Å². The largest absolute Gasteiger partial charge is 0.496 e. The van der Waals surface area contributed by atoms with Gasteiger partial charge in [0.25, 0.3) is 0 Å². The van der Waals surface area contributed by atoms with Crippen LogP contribution in [0, 0.1) is 0 Å². The highest BCUT2D eigenvalue weighted by atomic mass is 16.7. The Morgan fingerprint density at radius 2 is 2.24 bits per heavy atom. The average molecular weight is 237 g/mol. The number of benzene rings is 1. The van der Waals surface area contributed by atoms with E-state index < -0.39 is 5.79 Å². The molecule has 1 aliphatic rings. The summed E-state index contributed by atoms with van der Waals surface area (Å²) in [6.07, 6.45) is 0.655. The normalized spacial score (nSPS) is 28.3. The van der Waals surface area contributed by atoms with Crippen LogP contribution >= 0.6 is 0 Å². The lowest BCUT2D eigenvalue weighted by molar-refractivity contribution is -0.151. The number of rotatable bonds is 4. The van der Waals surface area contributed by atoms with Crippen molar-refractivity contribution in [1.82, 2.24) is 0 Å². The molecule has 1 aromatic rings. The van der Waals surface area contributed by atoms with Gasteiger partial charge in [0, 0.05) is 13.0 Å². The third kappa shape index (κ3) is 2.77. The van der Waals surface area contributed by atoms with Gasteiger partial charge >= 0.3 is 0 Å². The van der Waals surface area contributed by atoms with Gasteiger partial charge < -0.3 is 19.9 Å². The minimum atomic E-state index is -0.599. The molecule has 0 aromatic heterocycles. The molecule has 1 aliphatic heterocycles. The van der Waals surface area contributed by atoms with E-state index in [1.54, 1.807) is 7.11 Å². The van der Waals surface area contributed by atoms with Gasteiger partial charge in [-0.05, 0) is 18.6 Å². The first-order valence-corrected chi connectivity index (χ1v) is 5.80. The van der Waals surface area contributed by atoms with E-state index in [9.17, 15) is 0 Å². The standard InChI is InChI=1S/C13H19NO3/c1-13(16-9-11(8-14)17-13)7-10-5-3-4-6-12(10)15-2/h3-6,11H,7-9,14H2,1-2H3. The second-order valence-electron chi connectivity index (χ2n) is 4.41. The van der Waals surface area contributed by atoms with Crippen LogP contribution in [-0.4, -0.2) is 32.2 Å². The lowest BCUT2D eigenvalue weighted by Gasteiger charge is -2.24. The van der Waals surface area contributed by atoms with Crippen molar-refractivity contribution in [3.63, 3.8) is 0 Å². The molecule has 94 valence electrons. The van der Waals surface area contributed by atoms with Crippen molar-refractivity contribution in [3.05, 3.63) is 29.8 Å². The Morgan fingerprint density at radius 3 is 2.88 bits per heavy atom. The van der Waals surface area contributed by atoms with Crippen molar-refractivity contribution in [2.24, 2.45) is 5.73 Å². The average Bonchev–Trinajstić information content (AvgIpc) is 2.72. The zero-order valence-electron chi connectivity index (χ0n) is 10.3. The molecule has 0 spiro atoms. The number of hydrogen-bond donors (Lipinski definition) is 1. The summed E-state index contributed by atoms with van der Waals surface area (Å²) in [5.41, 5.74) is 6.65. The molecular weight excluding hydrogens is 218 g/mol. The van der Waals surface area contributed by atoms with Gasteiger partial charge in [-0.3, -0.25) is 0 Å². The maximum Gasteiger partial charge on any atom is 0.170 e. The molecule has 1 aromatic carbocycles. The number of ether oxygens (including phenoxy) is 3. The van der Waals surface area contributed by atoms with Gasteiger partial charge in [0.05, 0.1) is 19.8 Å². The highest BCUT2D eigenvalue weighted by Gasteiger charge is 2.37. The molecule has 2 rings (SSSR count). The smallest absolute Gasteiger partial charge is 0.170 e. The number of hydrogen-bond acceptors (Lipinski definition) is 4. The maximum atomic E-state index is 5.80. The second kappa shape index (κ2) is 5.04. The van der Waals surface area contributed by atoms with Gasteiger partial charge in [0.15, 0.2) is 5.79 Å². The van der Waals surface area contributed by atoms with Gasteiger partial charge in [0.2, 0.25) is 0 Å². The third-order valence-corrected chi connectivity index (χ3v) is 2.96. The molecule has 2 atom stereocenters. The van der Waals surface area contributed by atoms with E-state index in [1.807, 2.05) is 31.2 Å². The molecule has 2 unspecified atom stereocenters. The molecule has 4 nitrogen and oxygen atoms in total. The summed E-state index contributed by atoms with van der Waals surface area (Å²) in [4.78, 5) is 0. The fourth-order valence-corrected chi connectivity index (χ4v) is 2.09. The van der Waals surface area contributed by atoms with Crippen LogP contribution in [0.25, 0.3) is 0 Å². The summed E-state index contributed by atoms with van der Waals surface area (Å²) in [5, 5.41) is 0. The highest BCUT2D eigenvalue weighted by Crippen LogP contribution is 2.30. The molecule has 0 saturated carbocycles. The van der Waals surface area contributed by atoms with E-state index in [1.165, 1.54) is 0 Å². The molecule has 4 heteroatoms. The topological polar surface area (TPSA) is 53.7 Å². The van der Waals surface area contributed by atoms with Gasteiger partial charge in [-0.1, -0.05) is 18.2 Å².